The lowest BCUT2D eigenvalue weighted by Crippen LogP contribution is -2.50. The van der Waals surface area contributed by atoms with E-state index in [2.05, 4.69) is 17.6 Å². The summed E-state index contributed by atoms with van der Waals surface area (Å²) in [5.74, 6) is -2.22. The minimum absolute atomic E-state index is 0.376. The van der Waals surface area contributed by atoms with Crippen LogP contribution in [0.25, 0.3) is 0 Å². The molecular formula is C24H46N2O5. The molecule has 7 nitrogen and oxygen atoms in total. The van der Waals surface area contributed by atoms with Crippen molar-refractivity contribution < 1.29 is 24.6 Å². The summed E-state index contributed by atoms with van der Waals surface area (Å²) in [7, 11) is 0. The molecule has 0 fully saturated rings. The normalized spacial score (nSPS) is 12.9. The summed E-state index contributed by atoms with van der Waals surface area (Å²) in [5, 5.41) is 23.7. The summed E-state index contributed by atoms with van der Waals surface area (Å²) in [5.41, 5.74) is 0. The lowest BCUT2D eigenvalue weighted by atomic mass is 10.0. The number of aliphatic hydroxyl groups is 1. The van der Waals surface area contributed by atoms with Gasteiger partial charge in [0.1, 0.15) is 18.7 Å². The Hall–Kier alpha value is -1.63. The van der Waals surface area contributed by atoms with Gasteiger partial charge in [-0.2, -0.15) is 0 Å². The number of rotatable bonds is 21. The van der Waals surface area contributed by atoms with Gasteiger partial charge in [0, 0.05) is 0 Å². The number of hydrogen-bond acceptors (Lipinski definition) is 4. The van der Waals surface area contributed by atoms with E-state index in [-0.39, 0.29) is 0 Å². The van der Waals surface area contributed by atoms with E-state index in [0.717, 1.165) is 32.1 Å². The number of amides is 2. The highest BCUT2D eigenvalue weighted by atomic mass is 16.4. The first-order chi connectivity index (χ1) is 14.9. The molecule has 0 aromatic carbocycles. The van der Waals surface area contributed by atoms with Crippen molar-refractivity contribution in [1.82, 2.24) is 10.6 Å². The average molecular weight is 443 g/mol. The fourth-order valence-corrected chi connectivity index (χ4v) is 3.54. The molecule has 2 atom stereocenters. The first kappa shape index (κ1) is 29.4. The van der Waals surface area contributed by atoms with Crippen molar-refractivity contribution in [2.45, 2.75) is 129 Å². The van der Waals surface area contributed by atoms with Gasteiger partial charge in [-0.3, -0.25) is 14.4 Å². The molecule has 0 bridgehead atoms. The van der Waals surface area contributed by atoms with E-state index >= 15 is 0 Å². The summed E-state index contributed by atoms with van der Waals surface area (Å²) in [6, 6.07) is -0.816. The lowest BCUT2D eigenvalue weighted by molar-refractivity contribution is -0.138. The third kappa shape index (κ3) is 17.7. The minimum atomic E-state index is -1.14. The number of unbranched alkanes of at least 4 members (excludes halogenated alkanes) is 12. The average Bonchev–Trinajstić information content (AvgIpc) is 2.75. The monoisotopic (exact) mass is 442 g/mol. The standard InChI is InChI=1S/C24H46N2O5/c1-3-5-7-8-9-10-11-12-13-14-15-16-18-21(27)24(31)26-20(17-6-4-2)23(30)25-19-22(28)29/h20-21,27H,3-19H2,1-2H3,(H,25,30)(H,26,31)(H,28,29). The molecule has 0 radical (unpaired) electrons. The lowest BCUT2D eigenvalue weighted by Gasteiger charge is -2.20. The molecule has 0 spiro atoms. The van der Waals surface area contributed by atoms with Crippen molar-refractivity contribution in [2.75, 3.05) is 6.54 Å². The maximum Gasteiger partial charge on any atom is 0.322 e. The summed E-state index contributed by atoms with van der Waals surface area (Å²) >= 11 is 0. The van der Waals surface area contributed by atoms with Gasteiger partial charge < -0.3 is 20.8 Å². The van der Waals surface area contributed by atoms with Gasteiger partial charge in [0.15, 0.2) is 0 Å². The summed E-state index contributed by atoms with van der Waals surface area (Å²) in [4.78, 5) is 35.0. The Bertz CT molecular complexity index is 485. The zero-order valence-corrected chi connectivity index (χ0v) is 19.8. The number of hydrogen-bond donors (Lipinski definition) is 4. The van der Waals surface area contributed by atoms with E-state index in [9.17, 15) is 19.5 Å². The number of carboxylic acids is 1. The molecule has 2 unspecified atom stereocenters. The number of carboxylic acid groups (broad SMARTS) is 1. The highest BCUT2D eigenvalue weighted by Gasteiger charge is 2.24. The molecule has 0 saturated heterocycles. The van der Waals surface area contributed by atoms with E-state index in [0.29, 0.717) is 12.8 Å². The van der Waals surface area contributed by atoms with Gasteiger partial charge in [0.25, 0.3) is 0 Å². The zero-order valence-electron chi connectivity index (χ0n) is 19.8. The van der Waals surface area contributed by atoms with Crippen LogP contribution < -0.4 is 10.6 Å². The molecule has 0 heterocycles. The fourth-order valence-electron chi connectivity index (χ4n) is 3.54. The first-order valence-corrected chi connectivity index (χ1v) is 12.4. The Balaban J connectivity index is 3.94. The van der Waals surface area contributed by atoms with Gasteiger partial charge in [0.05, 0.1) is 0 Å². The molecular weight excluding hydrogens is 396 g/mol. The van der Waals surface area contributed by atoms with Gasteiger partial charge in [-0.25, -0.2) is 0 Å². The largest absolute Gasteiger partial charge is 0.480 e. The Labute approximate surface area is 188 Å². The number of carbonyl (C=O) groups is 3. The smallest absolute Gasteiger partial charge is 0.322 e. The summed E-state index contributed by atoms with van der Waals surface area (Å²) < 4.78 is 0. The molecule has 4 N–H and O–H groups in total. The van der Waals surface area contributed by atoms with Gasteiger partial charge >= 0.3 is 5.97 Å². The van der Waals surface area contributed by atoms with Crippen LogP contribution in [-0.2, 0) is 14.4 Å². The first-order valence-electron chi connectivity index (χ1n) is 12.4. The maximum absolute atomic E-state index is 12.2. The van der Waals surface area contributed by atoms with E-state index in [1.165, 1.54) is 57.8 Å². The molecule has 0 rings (SSSR count). The molecule has 0 aliphatic rings. The fraction of sp³-hybridized carbons (Fsp3) is 0.875. The van der Waals surface area contributed by atoms with Crippen molar-refractivity contribution in [1.29, 1.82) is 0 Å². The number of aliphatic hydroxyl groups excluding tert-OH is 1. The topological polar surface area (TPSA) is 116 Å². The summed E-state index contributed by atoms with van der Waals surface area (Å²) in [6.45, 7) is 3.72. The van der Waals surface area contributed by atoms with Crippen molar-refractivity contribution in [3.8, 4) is 0 Å². The van der Waals surface area contributed by atoms with Crippen LogP contribution in [-0.4, -0.2) is 46.7 Å². The molecule has 0 aromatic heterocycles. The van der Waals surface area contributed by atoms with Gasteiger partial charge in [-0.1, -0.05) is 104 Å². The van der Waals surface area contributed by atoms with Crippen molar-refractivity contribution in [2.24, 2.45) is 0 Å². The molecule has 0 aromatic rings. The van der Waals surface area contributed by atoms with Gasteiger partial charge in [-0.05, 0) is 12.8 Å². The third-order valence-corrected chi connectivity index (χ3v) is 5.53. The number of nitrogens with one attached hydrogen (secondary N) is 2. The Morgan fingerprint density at radius 3 is 1.65 bits per heavy atom. The second-order valence-electron chi connectivity index (χ2n) is 8.51. The molecule has 7 heteroatoms. The summed E-state index contributed by atoms with van der Waals surface area (Å²) in [6.07, 6.45) is 15.8. The molecule has 31 heavy (non-hydrogen) atoms. The zero-order chi connectivity index (χ0) is 23.3. The van der Waals surface area contributed by atoms with Gasteiger partial charge in [-0.15, -0.1) is 0 Å². The van der Waals surface area contributed by atoms with Crippen LogP contribution in [0.1, 0.15) is 117 Å². The second-order valence-corrected chi connectivity index (χ2v) is 8.51. The number of carbonyl (C=O) groups excluding carboxylic acids is 2. The number of aliphatic carboxylic acids is 1. The Morgan fingerprint density at radius 1 is 0.677 bits per heavy atom. The van der Waals surface area contributed by atoms with Crippen LogP contribution in [0.5, 0.6) is 0 Å². The third-order valence-electron chi connectivity index (χ3n) is 5.53. The van der Waals surface area contributed by atoms with Gasteiger partial charge in [0.2, 0.25) is 11.8 Å². The van der Waals surface area contributed by atoms with E-state index in [1.807, 2.05) is 6.92 Å². The van der Waals surface area contributed by atoms with E-state index in [1.54, 1.807) is 0 Å². The molecule has 0 aliphatic carbocycles. The molecule has 182 valence electrons. The Morgan fingerprint density at radius 2 is 1.16 bits per heavy atom. The van der Waals surface area contributed by atoms with Crippen molar-refractivity contribution in [3.05, 3.63) is 0 Å². The van der Waals surface area contributed by atoms with E-state index < -0.39 is 36.5 Å². The predicted molar refractivity (Wildman–Crippen MR) is 124 cm³/mol. The van der Waals surface area contributed by atoms with Crippen molar-refractivity contribution in [3.63, 3.8) is 0 Å². The van der Waals surface area contributed by atoms with Crippen molar-refractivity contribution >= 4 is 17.8 Å². The van der Waals surface area contributed by atoms with Crippen LogP contribution in [0, 0.1) is 0 Å². The van der Waals surface area contributed by atoms with Crippen LogP contribution in [0.3, 0.4) is 0 Å². The van der Waals surface area contributed by atoms with Crippen LogP contribution in [0.4, 0.5) is 0 Å². The predicted octanol–water partition coefficient (Wildman–Crippen LogP) is 4.31. The quantitative estimate of drug-likeness (QED) is 0.198. The molecule has 0 saturated carbocycles. The minimum Gasteiger partial charge on any atom is -0.480 e. The van der Waals surface area contributed by atoms with Crippen LogP contribution in [0.15, 0.2) is 0 Å². The van der Waals surface area contributed by atoms with Crippen LogP contribution >= 0.6 is 0 Å². The van der Waals surface area contributed by atoms with Crippen LogP contribution in [0.2, 0.25) is 0 Å². The SMILES string of the molecule is CCCCCCCCCCCCCCC(O)C(=O)NC(CCCC)C(=O)NCC(=O)O. The maximum atomic E-state index is 12.2. The highest BCUT2D eigenvalue weighted by molar-refractivity contribution is 5.90. The van der Waals surface area contributed by atoms with E-state index in [4.69, 9.17) is 5.11 Å². The molecule has 2 amide bonds. The second kappa shape index (κ2) is 20.3. The Kier molecular flexibility index (Phi) is 19.2. The molecule has 0 aliphatic heterocycles. The highest BCUT2D eigenvalue weighted by Crippen LogP contribution is 2.13.